The van der Waals surface area contributed by atoms with Crippen LogP contribution in [0, 0.1) is 0 Å². The van der Waals surface area contributed by atoms with Crippen LogP contribution in [0.25, 0.3) is 0 Å². The molecule has 0 amide bonds. The molecule has 3 heteroatoms. The first-order valence-corrected chi connectivity index (χ1v) is 10.7. The van der Waals surface area contributed by atoms with Crippen LogP contribution in [0.3, 0.4) is 0 Å². The Morgan fingerprint density at radius 2 is 1.09 bits per heavy atom. The molecule has 0 atom stereocenters. The smallest absolute Gasteiger partial charge is 0.121 e. The molecular weight excluding hydrogens is 392 g/mol. The van der Waals surface area contributed by atoms with E-state index in [-0.39, 0.29) is 5.75 Å². The topological polar surface area (TPSA) is 38.0 Å². The van der Waals surface area contributed by atoms with Gasteiger partial charge < -0.3 is 9.67 Å². The molecule has 0 radical (unpaired) electrons. The van der Waals surface area contributed by atoms with Crippen LogP contribution in [0.5, 0.6) is 5.75 Å². The van der Waals surface area contributed by atoms with E-state index in [9.17, 15) is 5.11 Å². The summed E-state index contributed by atoms with van der Waals surface area (Å²) in [6, 6.07) is 39.1. The number of nitrogens with zero attached hydrogens (tertiary/aromatic N) is 2. The molecular formula is C29H24N2O. The zero-order chi connectivity index (χ0) is 21.8. The number of benzene rings is 4. The predicted octanol–water partition coefficient (Wildman–Crippen LogP) is 6.02. The monoisotopic (exact) mass is 416 g/mol. The van der Waals surface area contributed by atoms with Gasteiger partial charge in [-0.1, -0.05) is 103 Å². The van der Waals surface area contributed by atoms with Crippen molar-refractivity contribution in [2.45, 2.75) is 12.0 Å². The molecule has 0 saturated carbocycles. The normalized spacial score (nSPS) is 11.4. The molecule has 0 saturated heterocycles. The molecule has 1 aromatic heterocycles. The summed E-state index contributed by atoms with van der Waals surface area (Å²) in [6.07, 6.45) is 4.77. The largest absolute Gasteiger partial charge is 0.508 e. The fraction of sp³-hybridized carbons (Fsp3) is 0.0690. The number of imidazole rings is 1. The summed E-state index contributed by atoms with van der Waals surface area (Å²) in [6.45, 7) is 0. The van der Waals surface area contributed by atoms with Gasteiger partial charge in [0.25, 0.3) is 0 Å². The molecule has 156 valence electrons. The molecule has 0 aliphatic heterocycles. The Morgan fingerprint density at radius 1 is 0.625 bits per heavy atom. The third-order valence-electron chi connectivity index (χ3n) is 5.92. The lowest BCUT2D eigenvalue weighted by molar-refractivity contribution is 0.475. The quantitative estimate of drug-likeness (QED) is 0.344. The van der Waals surface area contributed by atoms with Crippen molar-refractivity contribution in [2.75, 3.05) is 0 Å². The fourth-order valence-electron chi connectivity index (χ4n) is 4.45. The summed E-state index contributed by atoms with van der Waals surface area (Å²) in [4.78, 5) is 4.78. The van der Waals surface area contributed by atoms with Gasteiger partial charge in [0.1, 0.15) is 11.3 Å². The van der Waals surface area contributed by atoms with E-state index in [4.69, 9.17) is 4.98 Å². The van der Waals surface area contributed by atoms with Crippen molar-refractivity contribution in [3.63, 3.8) is 0 Å². The standard InChI is InChI=1S/C29H24N2O/c32-28-18-16-23(17-19-28)20-27-21-31(22-30-27)29(24-10-4-1-5-11-24,25-12-6-2-7-13-25)26-14-8-3-9-15-26/h1-19,21-22,32H,20H2. The minimum atomic E-state index is -0.552. The maximum atomic E-state index is 9.59. The number of rotatable bonds is 6. The Balaban J connectivity index is 1.70. The molecule has 4 aromatic carbocycles. The maximum absolute atomic E-state index is 9.59. The second-order valence-electron chi connectivity index (χ2n) is 7.92. The van der Waals surface area contributed by atoms with E-state index in [1.807, 2.05) is 18.5 Å². The van der Waals surface area contributed by atoms with Crippen molar-refractivity contribution in [3.05, 3.63) is 156 Å². The molecule has 32 heavy (non-hydrogen) atoms. The van der Waals surface area contributed by atoms with Crippen LogP contribution in [0.1, 0.15) is 27.9 Å². The van der Waals surface area contributed by atoms with Crippen LogP contribution in [0.2, 0.25) is 0 Å². The van der Waals surface area contributed by atoms with Gasteiger partial charge in [-0.2, -0.15) is 0 Å². The number of hydrogen-bond donors (Lipinski definition) is 1. The van der Waals surface area contributed by atoms with Crippen molar-refractivity contribution < 1.29 is 5.11 Å². The molecule has 1 heterocycles. The zero-order valence-electron chi connectivity index (χ0n) is 17.7. The third-order valence-corrected chi connectivity index (χ3v) is 5.92. The minimum Gasteiger partial charge on any atom is -0.508 e. The molecule has 0 aliphatic rings. The number of aromatic hydroxyl groups is 1. The molecule has 5 aromatic rings. The van der Waals surface area contributed by atoms with Gasteiger partial charge in [0.2, 0.25) is 0 Å². The summed E-state index contributed by atoms with van der Waals surface area (Å²) < 4.78 is 2.22. The van der Waals surface area contributed by atoms with Crippen molar-refractivity contribution >= 4 is 0 Å². The third kappa shape index (κ3) is 3.58. The lowest BCUT2D eigenvalue weighted by Crippen LogP contribution is -2.36. The van der Waals surface area contributed by atoms with Gasteiger partial charge in [-0.3, -0.25) is 0 Å². The number of aromatic nitrogens is 2. The first-order chi connectivity index (χ1) is 15.8. The molecule has 0 spiro atoms. The van der Waals surface area contributed by atoms with E-state index in [2.05, 4.69) is 102 Å². The van der Waals surface area contributed by atoms with E-state index < -0.39 is 5.54 Å². The van der Waals surface area contributed by atoms with Gasteiger partial charge >= 0.3 is 0 Å². The number of phenols is 1. The van der Waals surface area contributed by atoms with Gasteiger partial charge in [-0.05, 0) is 34.4 Å². The summed E-state index contributed by atoms with van der Waals surface area (Å²) in [5, 5.41) is 9.59. The highest BCUT2D eigenvalue weighted by Gasteiger charge is 2.38. The van der Waals surface area contributed by atoms with E-state index in [0.717, 1.165) is 11.3 Å². The molecule has 5 rings (SSSR count). The van der Waals surface area contributed by atoms with Crippen LogP contribution in [-0.2, 0) is 12.0 Å². The minimum absolute atomic E-state index is 0.274. The van der Waals surface area contributed by atoms with Crippen molar-refractivity contribution in [2.24, 2.45) is 0 Å². The van der Waals surface area contributed by atoms with Gasteiger partial charge in [0.15, 0.2) is 0 Å². The SMILES string of the molecule is Oc1ccc(Cc2cn(C(c3ccccc3)(c3ccccc3)c3ccccc3)cn2)cc1. The first-order valence-electron chi connectivity index (χ1n) is 10.7. The second-order valence-corrected chi connectivity index (χ2v) is 7.92. The number of hydrogen-bond acceptors (Lipinski definition) is 2. The Morgan fingerprint density at radius 3 is 1.56 bits per heavy atom. The van der Waals surface area contributed by atoms with E-state index in [0.29, 0.717) is 6.42 Å². The predicted molar refractivity (Wildman–Crippen MR) is 128 cm³/mol. The Kier molecular flexibility index (Phi) is 5.30. The average Bonchev–Trinajstić information content (AvgIpc) is 3.32. The van der Waals surface area contributed by atoms with Gasteiger partial charge in [0, 0.05) is 12.6 Å². The van der Waals surface area contributed by atoms with Gasteiger partial charge in [0.05, 0.1) is 12.0 Å². The van der Waals surface area contributed by atoms with Crippen LogP contribution < -0.4 is 0 Å². The van der Waals surface area contributed by atoms with Crippen LogP contribution in [0.15, 0.2) is 128 Å². The van der Waals surface area contributed by atoms with Crippen LogP contribution >= 0.6 is 0 Å². The van der Waals surface area contributed by atoms with Crippen molar-refractivity contribution in [1.29, 1.82) is 0 Å². The van der Waals surface area contributed by atoms with E-state index in [1.54, 1.807) is 12.1 Å². The highest BCUT2D eigenvalue weighted by Crippen LogP contribution is 2.40. The molecule has 0 bridgehead atoms. The molecule has 1 N–H and O–H groups in total. The lowest BCUT2D eigenvalue weighted by Gasteiger charge is -2.37. The molecule has 0 unspecified atom stereocenters. The van der Waals surface area contributed by atoms with E-state index >= 15 is 0 Å². The van der Waals surface area contributed by atoms with Crippen LogP contribution in [0.4, 0.5) is 0 Å². The van der Waals surface area contributed by atoms with Crippen molar-refractivity contribution in [1.82, 2.24) is 9.55 Å². The Bertz CT molecular complexity index is 1180. The Labute approximate surface area is 188 Å². The first kappa shape index (κ1) is 19.8. The molecule has 0 aliphatic carbocycles. The lowest BCUT2D eigenvalue weighted by atomic mass is 9.77. The molecule has 3 nitrogen and oxygen atoms in total. The van der Waals surface area contributed by atoms with E-state index in [1.165, 1.54) is 16.7 Å². The summed E-state index contributed by atoms with van der Waals surface area (Å²) >= 11 is 0. The second kappa shape index (κ2) is 8.56. The van der Waals surface area contributed by atoms with Crippen molar-refractivity contribution in [3.8, 4) is 5.75 Å². The summed E-state index contributed by atoms with van der Waals surface area (Å²) in [7, 11) is 0. The zero-order valence-corrected chi connectivity index (χ0v) is 17.7. The highest BCUT2D eigenvalue weighted by atomic mass is 16.3. The van der Waals surface area contributed by atoms with Gasteiger partial charge in [-0.25, -0.2) is 4.98 Å². The molecule has 0 fully saturated rings. The van der Waals surface area contributed by atoms with Gasteiger partial charge in [-0.15, -0.1) is 0 Å². The summed E-state index contributed by atoms with van der Waals surface area (Å²) in [5.74, 6) is 0.274. The summed E-state index contributed by atoms with van der Waals surface area (Å²) in [5.41, 5.74) is 5.05. The highest BCUT2D eigenvalue weighted by molar-refractivity contribution is 5.50. The van der Waals surface area contributed by atoms with Crippen LogP contribution in [-0.4, -0.2) is 14.7 Å². The number of phenolic OH excluding ortho intramolecular Hbond substituents is 1. The Hall–Kier alpha value is -4.11. The fourth-order valence-corrected chi connectivity index (χ4v) is 4.45. The maximum Gasteiger partial charge on any atom is 0.121 e. The average molecular weight is 417 g/mol.